The highest BCUT2D eigenvalue weighted by Gasteiger charge is 2.02. The van der Waals surface area contributed by atoms with Gasteiger partial charge >= 0.3 is 0 Å². The summed E-state index contributed by atoms with van der Waals surface area (Å²) >= 11 is 3.32. The standard InChI is InChI=1S/C9H10N2OS2/c10-5-7-1-2-8(12-7)6-14-9-11-3-4-13-9/h1-4H,5-6,10H2. The molecular weight excluding hydrogens is 216 g/mol. The van der Waals surface area contributed by atoms with E-state index in [9.17, 15) is 0 Å². The fourth-order valence-electron chi connectivity index (χ4n) is 1.02. The number of hydrogen-bond donors (Lipinski definition) is 1. The quantitative estimate of drug-likeness (QED) is 0.814. The Labute approximate surface area is 90.3 Å². The summed E-state index contributed by atoms with van der Waals surface area (Å²) in [6.07, 6.45) is 1.81. The molecule has 0 radical (unpaired) electrons. The minimum Gasteiger partial charge on any atom is -0.464 e. The van der Waals surface area contributed by atoms with Gasteiger partial charge in [-0.15, -0.1) is 11.3 Å². The SMILES string of the molecule is NCc1ccc(CSc2nccs2)o1. The maximum Gasteiger partial charge on any atom is 0.150 e. The van der Waals surface area contributed by atoms with Crippen molar-refractivity contribution in [3.05, 3.63) is 35.2 Å². The van der Waals surface area contributed by atoms with E-state index in [1.807, 2.05) is 17.5 Å². The average Bonchev–Trinajstić information content (AvgIpc) is 2.86. The van der Waals surface area contributed by atoms with Crippen molar-refractivity contribution >= 4 is 23.1 Å². The lowest BCUT2D eigenvalue weighted by atomic mass is 10.4. The van der Waals surface area contributed by atoms with Gasteiger partial charge in [0.1, 0.15) is 15.9 Å². The molecule has 0 fully saturated rings. The lowest BCUT2D eigenvalue weighted by Gasteiger charge is -1.93. The van der Waals surface area contributed by atoms with Gasteiger partial charge in [-0.1, -0.05) is 11.8 Å². The Hall–Kier alpha value is -0.780. The fourth-order valence-corrected chi connectivity index (χ4v) is 2.56. The first-order chi connectivity index (χ1) is 6.88. The van der Waals surface area contributed by atoms with E-state index >= 15 is 0 Å². The van der Waals surface area contributed by atoms with Crippen LogP contribution in [0, 0.1) is 0 Å². The molecule has 0 bridgehead atoms. The first kappa shape index (κ1) is 9.76. The van der Waals surface area contributed by atoms with Crippen molar-refractivity contribution in [1.29, 1.82) is 0 Å². The smallest absolute Gasteiger partial charge is 0.150 e. The molecule has 0 saturated heterocycles. The van der Waals surface area contributed by atoms with E-state index in [0.29, 0.717) is 6.54 Å². The highest BCUT2D eigenvalue weighted by atomic mass is 32.2. The van der Waals surface area contributed by atoms with Crippen LogP contribution in [0.1, 0.15) is 11.5 Å². The topological polar surface area (TPSA) is 52.0 Å². The van der Waals surface area contributed by atoms with Gasteiger partial charge in [-0.2, -0.15) is 0 Å². The van der Waals surface area contributed by atoms with Crippen LogP contribution < -0.4 is 5.73 Å². The Morgan fingerprint density at radius 3 is 2.93 bits per heavy atom. The van der Waals surface area contributed by atoms with Gasteiger partial charge in [-0.3, -0.25) is 0 Å². The molecule has 0 unspecified atom stereocenters. The zero-order chi connectivity index (χ0) is 9.80. The van der Waals surface area contributed by atoms with Crippen LogP contribution in [-0.4, -0.2) is 4.98 Å². The van der Waals surface area contributed by atoms with Gasteiger partial charge in [0.05, 0.1) is 12.3 Å². The van der Waals surface area contributed by atoms with E-state index in [-0.39, 0.29) is 0 Å². The van der Waals surface area contributed by atoms with Gasteiger partial charge in [0.25, 0.3) is 0 Å². The van der Waals surface area contributed by atoms with Crippen LogP contribution in [0.3, 0.4) is 0 Å². The van der Waals surface area contributed by atoms with E-state index in [1.54, 1.807) is 29.3 Å². The molecule has 0 aliphatic carbocycles. The molecular formula is C9H10N2OS2. The van der Waals surface area contributed by atoms with Gasteiger partial charge in [0.2, 0.25) is 0 Å². The Morgan fingerprint density at radius 1 is 1.43 bits per heavy atom. The summed E-state index contributed by atoms with van der Waals surface area (Å²) in [6.45, 7) is 0.460. The number of rotatable bonds is 4. The van der Waals surface area contributed by atoms with Crippen LogP contribution in [0.4, 0.5) is 0 Å². The van der Waals surface area contributed by atoms with Crippen LogP contribution >= 0.6 is 23.1 Å². The number of aromatic nitrogens is 1. The molecule has 2 aromatic heterocycles. The summed E-state index contributed by atoms with van der Waals surface area (Å²) in [5, 5.41) is 1.97. The number of thioether (sulfide) groups is 1. The van der Waals surface area contributed by atoms with Crippen LogP contribution in [0.2, 0.25) is 0 Å². The van der Waals surface area contributed by atoms with Crippen LogP contribution in [0.15, 0.2) is 32.5 Å². The third kappa shape index (κ3) is 2.37. The Morgan fingerprint density at radius 2 is 2.29 bits per heavy atom. The zero-order valence-electron chi connectivity index (χ0n) is 7.47. The van der Waals surface area contributed by atoms with Crippen LogP contribution in [0.5, 0.6) is 0 Å². The van der Waals surface area contributed by atoms with Crippen molar-refractivity contribution < 1.29 is 4.42 Å². The number of thiazole rings is 1. The molecule has 14 heavy (non-hydrogen) atoms. The monoisotopic (exact) mass is 226 g/mol. The molecule has 0 atom stereocenters. The summed E-state index contributed by atoms with van der Waals surface area (Å²) in [7, 11) is 0. The Kier molecular flexibility index (Phi) is 3.23. The fraction of sp³-hybridized carbons (Fsp3) is 0.222. The summed E-state index contributed by atoms with van der Waals surface area (Å²) < 4.78 is 6.53. The molecule has 74 valence electrons. The van der Waals surface area contributed by atoms with E-state index in [0.717, 1.165) is 21.6 Å². The van der Waals surface area contributed by atoms with Crippen LogP contribution in [-0.2, 0) is 12.3 Å². The van der Waals surface area contributed by atoms with E-state index < -0.39 is 0 Å². The molecule has 5 heteroatoms. The second-order valence-electron chi connectivity index (χ2n) is 2.66. The lowest BCUT2D eigenvalue weighted by Crippen LogP contribution is -1.92. The second-order valence-corrected chi connectivity index (χ2v) is 4.78. The van der Waals surface area contributed by atoms with E-state index in [4.69, 9.17) is 10.2 Å². The van der Waals surface area contributed by atoms with Crippen molar-refractivity contribution in [2.24, 2.45) is 5.73 Å². The Bertz CT molecular complexity index is 383. The predicted molar refractivity (Wildman–Crippen MR) is 58.3 cm³/mol. The number of hydrogen-bond acceptors (Lipinski definition) is 5. The number of nitrogens with two attached hydrogens (primary N) is 1. The number of nitrogens with zero attached hydrogens (tertiary/aromatic N) is 1. The second kappa shape index (κ2) is 4.63. The average molecular weight is 226 g/mol. The van der Waals surface area contributed by atoms with Gasteiger partial charge in [-0.25, -0.2) is 4.98 Å². The lowest BCUT2D eigenvalue weighted by molar-refractivity contribution is 0.482. The highest BCUT2D eigenvalue weighted by Crippen LogP contribution is 2.25. The number of furan rings is 1. The van der Waals surface area contributed by atoms with E-state index in [1.165, 1.54) is 0 Å². The van der Waals surface area contributed by atoms with Crippen molar-refractivity contribution in [3.63, 3.8) is 0 Å². The molecule has 2 N–H and O–H groups in total. The zero-order valence-corrected chi connectivity index (χ0v) is 9.11. The Balaban J connectivity index is 1.92. The first-order valence-electron chi connectivity index (χ1n) is 4.18. The normalized spacial score (nSPS) is 10.6. The van der Waals surface area contributed by atoms with Gasteiger partial charge in [0, 0.05) is 11.6 Å². The first-order valence-corrected chi connectivity index (χ1v) is 6.05. The highest BCUT2D eigenvalue weighted by molar-refractivity contribution is 8.00. The van der Waals surface area contributed by atoms with Gasteiger partial charge in [0.15, 0.2) is 0 Å². The summed E-state index contributed by atoms with van der Waals surface area (Å²) in [5.41, 5.74) is 5.44. The molecule has 0 aliphatic heterocycles. The van der Waals surface area contributed by atoms with Crippen molar-refractivity contribution in [3.8, 4) is 0 Å². The maximum absolute atomic E-state index is 5.46. The van der Waals surface area contributed by atoms with Crippen molar-refractivity contribution in [1.82, 2.24) is 4.98 Å². The summed E-state index contributed by atoms with van der Waals surface area (Å²) in [4.78, 5) is 4.17. The predicted octanol–water partition coefficient (Wildman–Crippen LogP) is 2.49. The molecule has 2 aromatic rings. The third-order valence-electron chi connectivity index (χ3n) is 1.67. The van der Waals surface area contributed by atoms with Crippen molar-refractivity contribution in [2.75, 3.05) is 0 Å². The molecule has 0 aliphatic rings. The molecule has 2 rings (SSSR count). The van der Waals surface area contributed by atoms with E-state index in [2.05, 4.69) is 4.98 Å². The molecule has 3 nitrogen and oxygen atoms in total. The maximum atomic E-state index is 5.46. The molecule has 2 heterocycles. The van der Waals surface area contributed by atoms with Crippen LogP contribution in [0.25, 0.3) is 0 Å². The third-order valence-corrected chi connectivity index (χ3v) is 3.65. The molecule has 0 saturated carbocycles. The minimum absolute atomic E-state index is 0.460. The minimum atomic E-state index is 0.460. The molecule has 0 amide bonds. The largest absolute Gasteiger partial charge is 0.464 e. The van der Waals surface area contributed by atoms with Gasteiger partial charge < -0.3 is 10.2 Å². The van der Waals surface area contributed by atoms with Gasteiger partial charge in [-0.05, 0) is 12.1 Å². The summed E-state index contributed by atoms with van der Waals surface area (Å²) in [5.74, 6) is 2.60. The molecule has 0 spiro atoms. The molecule has 0 aromatic carbocycles. The van der Waals surface area contributed by atoms with Crippen molar-refractivity contribution in [2.45, 2.75) is 16.6 Å². The summed E-state index contributed by atoms with van der Waals surface area (Å²) in [6, 6.07) is 3.88.